The summed E-state index contributed by atoms with van der Waals surface area (Å²) in [5, 5.41) is 13.3. The number of non-ortho nitro benzene ring substituents is 1. The Bertz CT molecular complexity index is 1200. The number of nitro benzene ring substituents is 1. The second kappa shape index (κ2) is 14.6. The van der Waals surface area contributed by atoms with Crippen molar-refractivity contribution in [3.05, 3.63) is 58.2 Å². The number of amides is 1. The quantitative estimate of drug-likeness (QED) is 0.0824. The molecule has 11 heteroatoms. The molecule has 1 amide bonds. The fourth-order valence-electron chi connectivity index (χ4n) is 4.68. The van der Waals surface area contributed by atoms with Gasteiger partial charge >= 0.3 is 200 Å². The molecule has 1 aromatic carbocycles. The van der Waals surface area contributed by atoms with Gasteiger partial charge in [0.1, 0.15) is 0 Å². The van der Waals surface area contributed by atoms with E-state index >= 15 is 0 Å². The van der Waals surface area contributed by atoms with Crippen molar-refractivity contribution in [2.75, 3.05) is 6.54 Å². The Balaban J connectivity index is 1.67. The number of ether oxygens (including phenoxy) is 1. The number of aromatic nitrogens is 2. The molecule has 0 atom stereocenters. The van der Waals surface area contributed by atoms with Gasteiger partial charge < -0.3 is 0 Å². The van der Waals surface area contributed by atoms with Gasteiger partial charge in [0.15, 0.2) is 0 Å². The van der Waals surface area contributed by atoms with E-state index in [9.17, 15) is 19.7 Å². The molecule has 0 aliphatic rings. The van der Waals surface area contributed by atoms with E-state index in [0.717, 1.165) is 4.83 Å². The second-order valence-corrected chi connectivity index (χ2v) is 25.0. The summed E-state index contributed by atoms with van der Waals surface area (Å²) in [5.41, 5.74) is 0.968. The fourth-order valence-corrected chi connectivity index (χ4v) is 24.7. The summed E-state index contributed by atoms with van der Waals surface area (Å²) in [6, 6.07) is 5.76. The Kier molecular flexibility index (Phi) is 11.6. The normalized spacial score (nSPS) is 11.6. The predicted octanol–water partition coefficient (Wildman–Crippen LogP) is 6.47. The van der Waals surface area contributed by atoms with Crippen LogP contribution in [-0.2, 0) is 11.3 Å². The van der Waals surface area contributed by atoms with E-state index < -0.39 is 29.4 Å². The van der Waals surface area contributed by atoms with E-state index in [1.807, 2.05) is 4.40 Å². The van der Waals surface area contributed by atoms with Gasteiger partial charge in [0.2, 0.25) is 0 Å². The summed E-state index contributed by atoms with van der Waals surface area (Å²) < 4.78 is 12.7. The van der Waals surface area contributed by atoms with Crippen LogP contribution in [0.5, 0.6) is 0 Å². The van der Waals surface area contributed by atoms with Crippen molar-refractivity contribution in [3.63, 3.8) is 0 Å². The van der Waals surface area contributed by atoms with Crippen molar-refractivity contribution < 1.29 is 19.2 Å². The molecule has 1 N–H and O–H groups in total. The molecular formula is C27H38N4O5SSn. The Morgan fingerprint density at radius 3 is 2.21 bits per heavy atom. The van der Waals surface area contributed by atoms with Crippen molar-refractivity contribution in [2.45, 2.75) is 79.2 Å². The average molecular weight is 649 g/mol. The summed E-state index contributed by atoms with van der Waals surface area (Å²) >= 11 is -0.882. The van der Waals surface area contributed by atoms with Gasteiger partial charge in [-0.1, -0.05) is 0 Å². The number of fused-ring (bicyclic) bond motifs is 1. The van der Waals surface area contributed by atoms with Crippen LogP contribution in [0.15, 0.2) is 36.8 Å². The monoisotopic (exact) mass is 650 g/mol. The number of thiazole rings is 1. The Hall–Kier alpha value is -2.47. The summed E-state index contributed by atoms with van der Waals surface area (Å²) in [6.07, 6.45) is 10.7. The average Bonchev–Trinajstić information content (AvgIpc) is 3.52. The number of Topliss-reactive ketones (excluding diaryl/α,β-unsaturated/α-hetero) is 1. The zero-order chi connectivity index (χ0) is 27.5. The molecule has 0 saturated heterocycles. The van der Waals surface area contributed by atoms with Crippen molar-refractivity contribution in [1.82, 2.24) is 14.7 Å². The SMILES string of the molecule is CCC[CH2][Sn]([CH2]CCC)([CH2]CCC)[c]1cn2cnc(C(=O)CNC(=O)OCc3ccc([N+](=O)[O-])cc3)c2s1. The van der Waals surface area contributed by atoms with Crippen LogP contribution >= 0.6 is 11.3 Å². The van der Waals surface area contributed by atoms with Crippen molar-refractivity contribution in [3.8, 4) is 0 Å². The standard InChI is InChI=1S/C15H11N4O5S.3C4H9.Sn/c20-12(13-14-18(9-17-13)5-6-25-14)7-16-15(21)24-8-10-1-3-11(4-2-10)19(22)23;3*1-3-4-2;/h1-5,9H,7-8H2,(H,16,21);3*1,3-4H2,2H3;. The second-order valence-electron chi connectivity index (χ2n) is 9.77. The van der Waals surface area contributed by atoms with E-state index in [0.29, 0.717) is 11.3 Å². The van der Waals surface area contributed by atoms with E-state index in [4.69, 9.17) is 4.74 Å². The molecule has 0 aliphatic heterocycles. The van der Waals surface area contributed by atoms with Crippen LogP contribution in [0.25, 0.3) is 4.83 Å². The number of carbonyl (C=O) groups is 2. The first kappa shape index (κ1) is 30.1. The van der Waals surface area contributed by atoms with Gasteiger partial charge in [0, 0.05) is 12.1 Å². The van der Waals surface area contributed by atoms with Crippen LogP contribution in [0.3, 0.4) is 0 Å². The molecule has 0 unspecified atom stereocenters. The van der Waals surface area contributed by atoms with E-state index in [1.54, 1.807) is 17.7 Å². The van der Waals surface area contributed by atoms with Crippen molar-refractivity contribution >= 4 is 55.0 Å². The molecule has 0 radical (unpaired) electrons. The number of alkyl carbamates (subject to hydrolysis) is 1. The molecule has 3 rings (SSSR count). The molecule has 0 spiro atoms. The summed E-state index contributed by atoms with van der Waals surface area (Å²) in [6.45, 7) is 6.53. The zero-order valence-electron chi connectivity index (χ0n) is 22.5. The topological polar surface area (TPSA) is 116 Å². The zero-order valence-corrected chi connectivity index (χ0v) is 26.2. The first-order valence-corrected chi connectivity index (χ1v) is 21.8. The molecular weight excluding hydrogens is 611 g/mol. The van der Waals surface area contributed by atoms with Gasteiger partial charge in [0.25, 0.3) is 5.69 Å². The maximum atomic E-state index is 13.0. The van der Waals surface area contributed by atoms with Crippen molar-refractivity contribution in [2.24, 2.45) is 0 Å². The molecule has 0 fully saturated rings. The number of hydrogen-bond acceptors (Lipinski definition) is 7. The molecule has 0 saturated carbocycles. The van der Waals surface area contributed by atoms with E-state index in [-0.39, 0.29) is 24.6 Å². The van der Waals surface area contributed by atoms with Crippen LogP contribution in [0.1, 0.15) is 75.3 Å². The number of unbranched alkanes of at least 4 members (excludes halogenated alkanes) is 3. The number of benzene rings is 1. The first-order chi connectivity index (χ1) is 18.3. The first-order valence-electron chi connectivity index (χ1n) is 13.5. The maximum absolute atomic E-state index is 13.0. The number of ketones is 1. The number of imidazole rings is 1. The molecule has 0 bridgehead atoms. The van der Waals surface area contributed by atoms with Gasteiger partial charge in [-0.05, 0) is 0 Å². The third-order valence-electron chi connectivity index (χ3n) is 6.94. The number of nitrogens with zero attached hydrogens (tertiary/aromatic N) is 3. The molecule has 2 aromatic heterocycles. The molecule has 9 nitrogen and oxygen atoms in total. The van der Waals surface area contributed by atoms with Gasteiger partial charge in [0.05, 0.1) is 4.92 Å². The minimum absolute atomic E-state index is 0.0331. The molecule has 2 heterocycles. The number of rotatable bonds is 16. The fraction of sp³-hybridized carbons (Fsp3) is 0.519. The van der Waals surface area contributed by atoms with Gasteiger partial charge in [-0.2, -0.15) is 0 Å². The van der Waals surface area contributed by atoms with Crippen LogP contribution in [-0.4, -0.2) is 51.1 Å². The molecule has 38 heavy (non-hydrogen) atoms. The van der Waals surface area contributed by atoms with Crippen LogP contribution in [0.2, 0.25) is 13.3 Å². The number of carbonyl (C=O) groups excluding carboxylic acids is 2. The van der Waals surface area contributed by atoms with Crippen LogP contribution in [0, 0.1) is 10.1 Å². The minimum atomic E-state index is -2.63. The third-order valence-corrected chi connectivity index (χ3v) is 26.2. The summed E-state index contributed by atoms with van der Waals surface area (Å²) in [4.78, 5) is 40.6. The van der Waals surface area contributed by atoms with E-state index in [2.05, 4.69) is 37.3 Å². The molecule has 0 aliphatic carbocycles. The van der Waals surface area contributed by atoms with E-state index in [1.165, 1.54) is 79.0 Å². The number of nitrogens with one attached hydrogen (secondary N) is 1. The Morgan fingerprint density at radius 1 is 1.05 bits per heavy atom. The van der Waals surface area contributed by atoms with Gasteiger partial charge in [-0.15, -0.1) is 0 Å². The molecule has 206 valence electrons. The number of nitro groups is 1. The van der Waals surface area contributed by atoms with Crippen LogP contribution < -0.4 is 8.21 Å². The molecule has 3 aromatic rings. The van der Waals surface area contributed by atoms with Gasteiger partial charge in [-0.3, -0.25) is 10.1 Å². The summed E-state index contributed by atoms with van der Waals surface area (Å²) in [5.74, 6) is -0.260. The van der Waals surface area contributed by atoms with Crippen molar-refractivity contribution in [1.29, 1.82) is 0 Å². The Morgan fingerprint density at radius 2 is 1.66 bits per heavy atom. The Labute approximate surface area is 232 Å². The third kappa shape index (κ3) is 7.78. The number of hydrogen-bond donors (Lipinski definition) is 1. The summed E-state index contributed by atoms with van der Waals surface area (Å²) in [7, 11) is 0. The predicted molar refractivity (Wildman–Crippen MR) is 153 cm³/mol. The van der Waals surface area contributed by atoms with Gasteiger partial charge in [-0.25, -0.2) is 0 Å². The van der Waals surface area contributed by atoms with Crippen LogP contribution in [0.4, 0.5) is 10.5 Å².